The van der Waals surface area contributed by atoms with Crippen LogP contribution in [0.25, 0.3) is 11.3 Å². The summed E-state index contributed by atoms with van der Waals surface area (Å²) in [5.74, 6) is 2.39. The summed E-state index contributed by atoms with van der Waals surface area (Å²) in [5, 5.41) is 13.9. The number of ether oxygens (including phenoxy) is 1. The molecule has 39 heavy (non-hydrogen) atoms. The minimum Gasteiger partial charge on any atom is -0.437 e. The van der Waals surface area contributed by atoms with Crippen molar-refractivity contribution in [1.82, 2.24) is 20.2 Å². The summed E-state index contributed by atoms with van der Waals surface area (Å²) in [6.07, 6.45) is 4.20. The fraction of sp³-hybridized carbons (Fsp3) is 0.414. The molecule has 206 valence electrons. The molecule has 2 aliphatic heterocycles. The first-order valence-corrected chi connectivity index (χ1v) is 14.1. The molecule has 2 aromatic heterocycles. The number of hydrogen-bond donors (Lipinski definition) is 2. The number of halogens is 2. The molecule has 3 aromatic rings. The molecule has 0 bridgehead atoms. The topological polar surface area (TPSA) is 90.8 Å². The quantitative estimate of drug-likeness (QED) is 0.387. The minimum absolute atomic E-state index is 0.0232. The number of aromatic nitrogens is 2. The lowest BCUT2D eigenvalue weighted by molar-refractivity contribution is -0.119. The smallest absolute Gasteiger partial charge is 0.220 e. The number of β-amino-alcohol motifs (C(OH)–C–C–N with tert-alkyl or cyclic N) is 1. The van der Waals surface area contributed by atoms with Crippen LogP contribution in [0.1, 0.15) is 31.7 Å². The van der Waals surface area contributed by atoms with Crippen LogP contribution in [-0.2, 0) is 11.3 Å². The summed E-state index contributed by atoms with van der Waals surface area (Å²) in [4.78, 5) is 25.0. The zero-order chi connectivity index (χ0) is 27.4. The van der Waals surface area contributed by atoms with Crippen molar-refractivity contribution in [3.8, 4) is 22.9 Å². The molecule has 0 aliphatic carbocycles. The van der Waals surface area contributed by atoms with Crippen LogP contribution in [0.2, 0.25) is 10.0 Å². The number of piperidine rings is 1. The first-order valence-electron chi connectivity index (χ1n) is 13.3. The Morgan fingerprint density at radius 3 is 2.49 bits per heavy atom. The van der Waals surface area contributed by atoms with Crippen LogP contribution in [0, 0.1) is 5.92 Å². The average molecular weight is 571 g/mol. The molecule has 0 saturated carbocycles. The Hall–Kier alpha value is -2.91. The van der Waals surface area contributed by atoms with Gasteiger partial charge in [0, 0.05) is 54.8 Å². The Morgan fingerprint density at radius 1 is 1.08 bits per heavy atom. The van der Waals surface area contributed by atoms with Gasteiger partial charge < -0.3 is 20.1 Å². The van der Waals surface area contributed by atoms with Crippen molar-refractivity contribution < 1.29 is 14.6 Å². The molecule has 2 N–H and O–H groups in total. The van der Waals surface area contributed by atoms with Crippen LogP contribution in [0.5, 0.6) is 11.6 Å². The van der Waals surface area contributed by atoms with Crippen LogP contribution < -0.4 is 15.0 Å². The highest BCUT2D eigenvalue weighted by Crippen LogP contribution is 2.31. The molecule has 2 aliphatic rings. The highest BCUT2D eigenvalue weighted by molar-refractivity contribution is 6.35. The predicted octanol–water partition coefficient (Wildman–Crippen LogP) is 5.16. The van der Waals surface area contributed by atoms with Gasteiger partial charge in [0.05, 0.1) is 18.0 Å². The molecule has 5 rings (SSSR count). The monoisotopic (exact) mass is 569 g/mol. The Labute approximate surface area is 238 Å². The Morgan fingerprint density at radius 2 is 1.85 bits per heavy atom. The molecule has 1 aromatic carbocycles. The normalized spacial score (nSPS) is 18.4. The highest BCUT2D eigenvalue weighted by Gasteiger charge is 2.22. The van der Waals surface area contributed by atoms with Gasteiger partial charge >= 0.3 is 0 Å². The van der Waals surface area contributed by atoms with Gasteiger partial charge in [0.1, 0.15) is 11.6 Å². The number of rotatable bonds is 8. The van der Waals surface area contributed by atoms with Crippen molar-refractivity contribution in [3.63, 3.8) is 0 Å². The lowest BCUT2D eigenvalue weighted by Gasteiger charge is -2.32. The molecule has 10 heteroatoms. The Kier molecular flexibility index (Phi) is 8.87. The molecular formula is C29H33Cl2N5O3. The van der Waals surface area contributed by atoms with Gasteiger partial charge in [-0.05, 0) is 80.2 Å². The lowest BCUT2D eigenvalue weighted by Crippen LogP contribution is -2.37. The van der Waals surface area contributed by atoms with Crippen LogP contribution >= 0.6 is 23.2 Å². The van der Waals surface area contributed by atoms with Crippen molar-refractivity contribution >= 4 is 34.9 Å². The van der Waals surface area contributed by atoms with E-state index in [9.17, 15) is 9.90 Å². The van der Waals surface area contributed by atoms with E-state index < -0.39 is 0 Å². The van der Waals surface area contributed by atoms with E-state index in [4.69, 9.17) is 32.9 Å². The molecule has 2 saturated heterocycles. The number of nitrogens with zero attached hydrogens (tertiary/aromatic N) is 4. The van der Waals surface area contributed by atoms with Gasteiger partial charge in [-0.1, -0.05) is 23.2 Å². The van der Waals surface area contributed by atoms with Gasteiger partial charge in [-0.2, -0.15) is 0 Å². The SMILES string of the molecule is CC(=O)NCC1CCN(Cc2cc(Oc3ccc(N4CCC(O)C4)nc3)nc(-c3cc(Cl)cc(Cl)c3)c2)CC1. The summed E-state index contributed by atoms with van der Waals surface area (Å²) < 4.78 is 6.17. The third-order valence-corrected chi connectivity index (χ3v) is 7.64. The zero-order valence-electron chi connectivity index (χ0n) is 21.9. The molecule has 1 unspecified atom stereocenters. The first-order chi connectivity index (χ1) is 18.8. The molecule has 0 radical (unpaired) electrons. The number of carbonyl (C=O) groups is 1. The van der Waals surface area contributed by atoms with Gasteiger partial charge in [0.2, 0.25) is 11.8 Å². The number of anilines is 1. The number of aliphatic hydroxyl groups excluding tert-OH is 1. The van der Waals surface area contributed by atoms with E-state index in [0.29, 0.717) is 34.1 Å². The lowest BCUT2D eigenvalue weighted by atomic mass is 9.96. The van der Waals surface area contributed by atoms with Gasteiger partial charge in [0.15, 0.2) is 0 Å². The Bertz CT molecular complexity index is 1280. The first kappa shape index (κ1) is 27.6. The van der Waals surface area contributed by atoms with E-state index in [2.05, 4.69) is 26.2 Å². The summed E-state index contributed by atoms with van der Waals surface area (Å²) in [7, 11) is 0. The molecule has 4 heterocycles. The minimum atomic E-state index is -0.309. The van der Waals surface area contributed by atoms with Crippen LogP contribution in [0.4, 0.5) is 5.82 Å². The van der Waals surface area contributed by atoms with Gasteiger partial charge in [-0.3, -0.25) is 9.69 Å². The predicted molar refractivity (Wildman–Crippen MR) is 154 cm³/mol. The van der Waals surface area contributed by atoms with E-state index in [1.165, 1.54) is 0 Å². The number of likely N-dealkylation sites (tertiary alicyclic amines) is 1. The fourth-order valence-electron chi connectivity index (χ4n) is 5.14. The van der Waals surface area contributed by atoms with E-state index in [1.54, 1.807) is 19.2 Å². The molecule has 0 spiro atoms. The number of benzene rings is 1. The maximum Gasteiger partial charge on any atom is 0.220 e. The summed E-state index contributed by atoms with van der Waals surface area (Å²) in [5.41, 5.74) is 2.61. The van der Waals surface area contributed by atoms with E-state index in [1.807, 2.05) is 30.3 Å². The number of amides is 1. The van der Waals surface area contributed by atoms with Crippen molar-refractivity contribution in [2.75, 3.05) is 37.6 Å². The van der Waals surface area contributed by atoms with Gasteiger partial charge in [-0.15, -0.1) is 0 Å². The van der Waals surface area contributed by atoms with Gasteiger partial charge in [-0.25, -0.2) is 9.97 Å². The van der Waals surface area contributed by atoms with Crippen molar-refractivity contribution in [2.45, 2.75) is 38.8 Å². The van der Waals surface area contributed by atoms with Crippen LogP contribution in [0.15, 0.2) is 48.7 Å². The largest absolute Gasteiger partial charge is 0.437 e. The average Bonchev–Trinajstić information content (AvgIpc) is 3.34. The number of nitrogens with one attached hydrogen (secondary N) is 1. The van der Waals surface area contributed by atoms with E-state index in [-0.39, 0.29) is 12.0 Å². The van der Waals surface area contributed by atoms with Crippen molar-refractivity contribution in [3.05, 3.63) is 64.3 Å². The molecule has 1 amide bonds. The maximum atomic E-state index is 11.3. The van der Waals surface area contributed by atoms with Crippen molar-refractivity contribution in [1.29, 1.82) is 0 Å². The van der Waals surface area contributed by atoms with Crippen LogP contribution in [-0.4, -0.2) is 64.7 Å². The second kappa shape index (κ2) is 12.5. The number of aliphatic hydroxyl groups is 1. The molecule has 1 atom stereocenters. The zero-order valence-corrected chi connectivity index (χ0v) is 23.5. The number of hydrogen-bond acceptors (Lipinski definition) is 7. The van der Waals surface area contributed by atoms with E-state index >= 15 is 0 Å². The third kappa shape index (κ3) is 7.60. The molecule has 2 fully saturated rings. The highest BCUT2D eigenvalue weighted by atomic mass is 35.5. The molecule has 8 nitrogen and oxygen atoms in total. The van der Waals surface area contributed by atoms with Gasteiger partial charge in [0.25, 0.3) is 0 Å². The third-order valence-electron chi connectivity index (χ3n) is 7.20. The standard InChI is InChI=1S/C29H33Cl2N5O3/c1-19(37)32-15-20-4-7-35(8-5-20)17-21-10-27(22-12-23(30)14-24(31)13-22)34-29(11-21)39-26-2-3-28(33-16-26)36-9-6-25(38)18-36/h2-3,10-14,16,20,25,38H,4-9,15,17-18H2,1H3,(H,32,37). The summed E-state index contributed by atoms with van der Waals surface area (Å²) >= 11 is 12.6. The van der Waals surface area contributed by atoms with Crippen molar-refractivity contribution in [2.24, 2.45) is 5.92 Å². The molecular weight excluding hydrogens is 537 g/mol. The number of carbonyl (C=O) groups excluding carboxylic acids is 1. The second-order valence-electron chi connectivity index (χ2n) is 10.4. The summed E-state index contributed by atoms with van der Waals surface area (Å²) in [6, 6.07) is 13.2. The fourth-order valence-corrected chi connectivity index (χ4v) is 5.66. The second-order valence-corrected chi connectivity index (χ2v) is 11.2. The van der Waals surface area contributed by atoms with E-state index in [0.717, 1.165) is 74.6 Å². The number of pyridine rings is 2. The van der Waals surface area contributed by atoms with Crippen LogP contribution in [0.3, 0.4) is 0 Å². The Balaban J connectivity index is 1.33. The summed E-state index contributed by atoms with van der Waals surface area (Å²) in [6.45, 7) is 6.34. The maximum absolute atomic E-state index is 11.3.